The fraction of sp³-hybridized carbons (Fsp3) is 0.562. The molecule has 1 fully saturated rings. The Morgan fingerprint density at radius 1 is 1.42 bits per heavy atom. The minimum absolute atomic E-state index is 0.0585. The van der Waals surface area contributed by atoms with Crippen LogP contribution in [-0.4, -0.2) is 25.5 Å². The maximum atomic E-state index is 12.2. The predicted octanol–water partition coefficient (Wildman–Crippen LogP) is 2.28. The molecule has 0 aromatic heterocycles. The van der Waals surface area contributed by atoms with Crippen molar-refractivity contribution >= 4 is 5.91 Å². The van der Waals surface area contributed by atoms with Gasteiger partial charge in [0.2, 0.25) is 0 Å². The Morgan fingerprint density at radius 3 is 2.89 bits per heavy atom. The van der Waals surface area contributed by atoms with Crippen molar-refractivity contribution in [3.05, 3.63) is 34.9 Å². The minimum Gasteiger partial charge on any atom is -0.352 e. The van der Waals surface area contributed by atoms with Crippen LogP contribution in [0.15, 0.2) is 18.2 Å². The van der Waals surface area contributed by atoms with Gasteiger partial charge < -0.3 is 10.6 Å². The van der Waals surface area contributed by atoms with Gasteiger partial charge in [0.15, 0.2) is 0 Å². The second-order valence-corrected chi connectivity index (χ2v) is 5.76. The Bertz CT molecular complexity index is 456. The highest BCUT2D eigenvalue weighted by molar-refractivity contribution is 5.95. The van der Waals surface area contributed by atoms with Crippen LogP contribution in [0.25, 0.3) is 0 Å². The second-order valence-electron chi connectivity index (χ2n) is 5.76. The van der Waals surface area contributed by atoms with Crippen LogP contribution in [0.1, 0.15) is 34.8 Å². The summed E-state index contributed by atoms with van der Waals surface area (Å²) < 4.78 is 0. The molecule has 3 heteroatoms. The maximum absolute atomic E-state index is 12.2. The number of aryl methyl sites for hydroxylation is 2. The summed E-state index contributed by atoms with van der Waals surface area (Å²) in [6.07, 6.45) is 1.15. The summed E-state index contributed by atoms with van der Waals surface area (Å²) in [6.45, 7) is 9.20. The third-order valence-electron chi connectivity index (χ3n) is 4.11. The first-order chi connectivity index (χ1) is 9.08. The van der Waals surface area contributed by atoms with Gasteiger partial charge in [-0.15, -0.1) is 0 Å². The Labute approximate surface area is 115 Å². The Kier molecular flexibility index (Phi) is 4.59. The maximum Gasteiger partial charge on any atom is 0.251 e. The smallest absolute Gasteiger partial charge is 0.251 e. The topological polar surface area (TPSA) is 41.1 Å². The highest BCUT2D eigenvalue weighted by Crippen LogP contribution is 2.18. The Hall–Kier alpha value is -1.35. The van der Waals surface area contributed by atoms with E-state index in [4.69, 9.17) is 0 Å². The molecule has 1 amide bonds. The van der Waals surface area contributed by atoms with Crippen LogP contribution in [0.2, 0.25) is 0 Å². The summed E-state index contributed by atoms with van der Waals surface area (Å²) in [5.74, 6) is 1.28. The average molecular weight is 260 g/mol. The lowest BCUT2D eigenvalue weighted by Crippen LogP contribution is -2.41. The van der Waals surface area contributed by atoms with Crippen molar-refractivity contribution in [2.24, 2.45) is 11.8 Å². The molecule has 1 aliphatic rings. The molecule has 2 N–H and O–H groups in total. The van der Waals surface area contributed by atoms with Crippen molar-refractivity contribution < 1.29 is 4.79 Å². The molecule has 0 spiro atoms. The summed E-state index contributed by atoms with van der Waals surface area (Å²) in [5, 5.41) is 6.48. The normalized spacial score (nSPS) is 23.1. The van der Waals surface area contributed by atoms with Gasteiger partial charge in [0.05, 0.1) is 0 Å². The van der Waals surface area contributed by atoms with Crippen molar-refractivity contribution in [1.82, 2.24) is 10.6 Å². The monoisotopic (exact) mass is 260 g/mol. The lowest BCUT2D eigenvalue weighted by atomic mass is 9.88. The first-order valence-electron chi connectivity index (χ1n) is 7.14. The van der Waals surface area contributed by atoms with Crippen molar-refractivity contribution in [1.29, 1.82) is 0 Å². The van der Waals surface area contributed by atoms with E-state index in [1.165, 1.54) is 5.56 Å². The highest BCUT2D eigenvalue weighted by atomic mass is 16.1. The molecule has 0 saturated carbocycles. The fourth-order valence-electron chi connectivity index (χ4n) is 2.76. The molecule has 1 heterocycles. The molecule has 0 radical (unpaired) electrons. The van der Waals surface area contributed by atoms with Gasteiger partial charge in [0, 0.05) is 12.1 Å². The molecule has 3 nitrogen and oxygen atoms in total. The van der Waals surface area contributed by atoms with Crippen LogP contribution in [0.3, 0.4) is 0 Å². The lowest BCUT2D eigenvalue weighted by Gasteiger charge is -2.29. The third kappa shape index (κ3) is 3.57. The van der Waals surface area contributed by atoms with Gasteiger partial charge >= 0.3 is 0 Å². The molecule has 2 unspecified atom stereocenters. The van der Waals surface area contributed by atoms with E-state index in [1.54, 1.807) is 0 Å². The van der Waals surface area contributed by atoms with E-state index >= 15 is 0 Å². The zero-order valence-electron chi connectivity index (χ0n) is 12.1. The quantitative estimate of drug-likeness (QED) is 0.875. The van der Waals surface area contributed by atoms with Crippen LogP contribution >= 0.6 is 0 Å². The standard InChI is InChI=1S/C16H24N2O/c1-11-4-5-15(12(2)8-11)16(19)18-10-14-6-7-17-9-13(14)3/h4-5,8,13-14,17H,6-7,9-10H2,1-3H3,(H,18,19). The molecule has 2 rings (SSSR count). The number of carbonyl (C=O) groups excluding carboxylic acids is 1. The van der Waals surface area contributed by atoms with Gasteiger partial charge in [-0.3, -0.25) is 4.79 Å². The minimum atomic E-state index is 0.0585. The summed E-state index contributed by atoms with van der Waals surface area (Å²) >= 11 is 0. The molecule has 1 aliphatic heterocycles. The van der Waals surface area contributed by atoms with Crippen LogP contribution < -0.4 is 10.6 Å². The van der Waals surface area contributed by atoms with Crippen LogP contribution in [0.5, 0.6) is 0 Å². The summed E-state index contributed by atoms with van der Waals surface area (Å²) in [7, 11) is 0. The van der Waals surface area contributed by atoms with E-state index in [9.17, 15) is 4.79 Å². The second kappa shape index (κ2) is 6.20. The van der Waals surface area contributed by atoms with Crippen molar-refractivity contribution in [3.8, 4) is 0 Å². The zero-order valence-corrected chi connectivity index (χ0v) is 12.1. The van der Waals surface area contributed by atoms with Gasteiger partial charge in [-0.25, -0.2) is 0 Å². The molecule has 1 aromatic carbocycles. The molecule has 0 aliphatic carbocycles. The number of carbonyl (C=O) groups is 1. The Morgan fingerprint density at radius 2 is 2.21 bits per heavy atom. The summed E-state index contributed by atoms with van der Waals surface area (Å²) in [5.41, 5.74) is 3.05. The van der Waals surface area contributed by atoms with Crippen LogP contribution in [0.4, 0.5) is 0 Å². The first-order valence-corrected chi connectivity index (χ1v) is 7.14. The van der Waals surface area contributed by atoms with E-state index in [-0.39, 0.29) is 5.91 Å². The molecular formula is C16H24N2O. The largest absolute Gasteiger partial charge is 0.352 e. The van der Waals surface area contributed by atoms with Crippen molar-refractivity contribution in [2.75, 3.05) is 19.6 Å². The van der Waals surface area contributed by atoms with E-state index in [0.29, 0.717) is 11.8 Å². The molecular weight excluding hydrogens is 236 g/mol. The van der Waals surface area contributed by atoms with Gasteiger partial charge in [-0.1, -0.05) is 24.6 Å². The first kappa shape index (κ1) is 14.1. The molecule has 1 saturated heterocycles. The van der Waals surface area contributed by atoms with Crippen molar-refractivity contribution in [2.45, 2.75) is 27.2 Å². The average Bonchev–Trinajstić information content (AvgIpc) is 2.37. The van der Waals surface area contributed by atoms with Crippen LogP contribution in [-0.2, 0) is 0 Å². The number of hydrogen-bond acceptors (Lipinski definition) is 2. The number of hydrogen-bond donors (Lipinski definition) is 2. The van der Waals surface area contributed by atoms with E-state index < -0.39 is 0 Å². The molecule has 104 valence electrons. The SMILES string of the molecule is Cc1ccc(C(=O)NCC2CCNCC2C)c(C)c1. The van der Waals surface area contributed by atoms with Crippen LogP contribution in [0, 0.1) is 25.7 Å². The highest BCUT2D eigenvalue weighted by Gasteiger charge is 2.21. The third-order valence-corrected chi connectivity index (χ3v) is 4.11. The van der Waals surface area contributed by atoms with Gasteiger partial charge in [0.1, 0.15) is 0 Å². The summed E-state index contributed by atoms with van der Waals surface area (Å²) in [4.78, 5) is 12.2. The predicted molar refractivity (Wildman–Crippen MR) is 78.4 cm³/mol. The van der Waals surface area contributed by atoms with E-state index in [2.05, 4.69) is 23.6 Å². The summed E-state index contributed by atoms with van der Waals surface area (Å²) in [6, 6.07) is 5.98. The number of piperidine rings is 1. The number of rotatable bonds is 3. The van der Waals surface area contributed by atoms with Gasteiger partial charge in [-0.05, 0) is 56.8 Å². The number of benzene rings is 1. The molecule has 2 atom stereocenters. The lowest BCUT2D eigenvalue weighted by molar-refractivity contribution is 0.0937. The van der Waals surface area contributed by atoms with E-state index in [0.717, 1.165) is 37.2 Å². The Balaban J connectivity index is 1.93. The molecule has 19 heavy (non-hydrogen) atoms. The van der Waals surface area contributed by atoms with Gasteiger partial charge in [0.25, 0.3) is 5.91 Å². The fourth-order valence-corrected chi connectivity index (χ4v) is 2.76. The number of amides is 1. The van der Waals surface area contributed by atoms with Gasteiger partial charge in [-0.2, -0.15) is 0 Å². The van der Waals surface area contributed by atoms with Crippen molar-refractivity contribution in [3.63, 3.8) is 0 Å². The van der Waals surface area contributed by atoms with E-state index in [1.807, 2.05) is 26.0 Å². The molecule has 0 bridgehead atoms. The zero-order chi connectivity index (χ0) is 13.8. The molecule has 1 aromatic rings. The number of nitrogens with one attached hydrogen (secondary N) is 2.